The van der Waals surface area contributed by atoms with E-state index in [9.17, 15) is 24.0 Å². The number of ether oxygens (including phenoxy) is 2. The van der Waals surface area contributed by atoms with Crippen LogP contribution in [0.25, 0.3) is 11.1 Å². The number of benzene rings is 2. The summed E-state index contributed by atoms with van der Waals surface area (Å²) in [7, 11) is 0. The van der Waals surface area contributed by atoms with E-state index in [-0.39, 0.29) is 36.7 Å². The summed E-state index contributed by atoms with van der Waals surface area (Å²) in [6.45, 7) is 7.65. The lowest BCUT2D eigenvalue weighted by Gasteiger charge is -2.28. The normalized spacial score (nSPS) is 19.5. The number of allylic oxidation sites excluding steroid dienone is 3. The Kier molecular flexibility index (Phi) is 13.4. The van der Waals surface area contributed by atoms with E-state index in [1.165, 1.54) is 0 Å². The van der Waals surface area contributed by atoms with Crippen LogP contribution in [0.4, 0.5) is 9.59 Å². The van der Waals surface area contributed by atoms with Crippen LogP contribution in [-0.4, -0.2) is 66.5 Å². The molecule has 0 aromatic heterocycles. The maximum Gasteiger partial charge on any atom is 0.407 e. The minimum atomic E-state index is -1.02. The van der Waals surface area contributed by atoms with Gasteiger partial charge in [-0.3, -0.25) is 14.4 Å². The fraction of sp³-hybridized carbons (Fsp3) is 0.467. The predicted molar refractivity (Wildman–Crippen MR) is 218 cm³/mol. The highest BCUT2D eigenvalue weighted by Crippen LogP contribution is 2.44. The van der Waals surface area contributed by atoms with Crippen molar-refractivity contribution >= 4 is 35.6 Å². The molecule has 0 spiro atoms. The van der Waals surface area contributed by atoms with Gasteiger partial charge in [-0.1, -0.05) is 92.3 Å². The lowest BCUT2D eigenvalue weighted by atomic mass is 9.84. The summed E-state index contributed by atoms with van der Waals surface area (Å²) >= 11 is 0. The first-order valence-corrected chi connectivity index (χ1v) is 20.2. The van der Waals surface area contributed by atoms with Crippen LogP contribution >= 0.6 is 0 Å². The first kappa shape index (κ1) is 41.1. The standard InChI is InChI=1S/C45H55N5O7/c1-28-24-40(51)48-38-26-30(21-22-31(28)38)47-41(52)37(20-12-13-23-46-43(54)57-45(2,3)4)49-42(53)39(25-29-14-6-5-7-15-29)50-44(55)56-27-36-34-18-10-8-16-32(34)33-17-9-11-19-35(33)36/h8-11,16-19,21-22,24,26,29,31,36-37,39H,5-7,12-15,20,23,25,27H2,1-4H3,(H,46,54)(H,48,51)(H,49,53)(H,50,55)/t31?,37-,39-/m0/s1. The van der Waals surface area contributed by atoms with Crippen LogP contribution in [0.5, 0.6) is 0 Å². The Balaban J connectivity index is 1.15. The minimum Gasteiger partial charge on any atom is -0.449 e. The average molecular weight is 778 g/mol. The largest absolute Gasteiger partial charge is 0.449 e. The highest BCUT2D eigenvalue weighted by Gasteiger charge is 2.33. The Morgan fingerprint density at radius 1 is 0.877 bits per heavy atom. The molecule has 1 unspecified atom stereocenters. The fourth-order valence-electron chi connectivity index (χ4n) is 8.13. The Hall–Kier alpha value is -5.52. The third-order valence-electron chi connectivity index (χ3n) is 10.9. The molecule has 6 rings (SSSR count). The molecule has 2 aromatic carbocycles. The third kappa shape index (κ3) is 11.1. The highest BCUT2D eigenvalue weighted by molar-refractivity contribution is 6.12. The summed E-state index contributed by atoms with van der Waals surface area (Å²) in [4.78, 5) is 70.3. The molecule has 4 aliphatic rings. The number of nitrogens with zero attached hydrogens (tertiary/aromatic N) is 1. The molecule has 1 saturated carbocycles. The molecule has 1 fully saturated rings. The summed E-state index contributed by atoms with van der Waals surface area (Å²) in [5.74, 6) is -1.32. The Morgan fingerprint density at radius 3 is 2.25 bits per heavy atom. The SMILES string of the molecule is CC1=CC(=O)NC2=CC(=NC(=O)[C@H](CCCCNC(=O)OC(C)(C)C)NC(=O)[C@H](CC3CCCCC3)NC(=O)OCC3c4ccccc4-c4ccccc43)C=CC12. The Bertz CT molecular complexity index is 1920. The van der Waals surface area contributed by atoms with Crippen molar-refractivity contribution in [1.29, 1.82) is 0 Å². The quantitative estimate of drug-likeness (QED) is 0.157. The van der Waals surface area contributed by atoms with Crippen molar-refractivity contribution in [3.05, 3.63) is 95.2 Å². The molecule has 12 nitrogen and oxygen atoms in total. The van der Waals surface area contributed by atoms with Crippen LogP contribution in [0.15, 0.2) is 89.1 Å². The lowest BCUT2D eigenvalue weighted by Crippen LogP contribution is -2.52. The van der Waals surface area contributed by atoms with Gasteiger partial charge in [-0.05, 0) is 93.7 Å². The molecule has 1 aliphatic heterocycles. The zero-order chi connectivity index (χ0) is 40.5. The van der Waals surface area contributed by atoms with Gasteiger partial charge in [0, 0.05) is 30.2 Å². The number of amides is 5. The van der Waals surface area contributed by atoms with E-state index >= 15 is 0 Å². The van der Waals surface area contributed by atoms with Gasteiger partial charge in [0.2, 0.25) is 11.8 Å². The molecule has 5 amide bonds. The van der Waals surface area contributed by atoms with E-state index in [1.807, 2.05) is 37.3 Å². The molecule has 1 heterocycles. The van der Waals surface area contributed by atoms with Gasteiger partial charge in [0.25, 0.3) is 5.91 Å². The number of carbonyl (C=O) groups excluding carboxylic acids is 5. The lowest BCUT2D eigenvalue weighted by molar-refractivity contribution is -0.129. The van der Waals surface area contributed by atoms with Crippen LogP contribution in [0.3, 0.4) is 0 Å². The third-order valence-corrected chi connectivity index (χ3v) is 10.9. The van der Waals surface area contributed by atoms with E-state index < -0.39 is 41.7 Å². The van der Waals surface area contributed by atoms with Crippen LogP contribution in [0.1, 0.15) is 103 Å². The van der Waals surface area contributed by atoms with Crippen molar-refractivity contribution < 1.29 is 33.4 Å². The number of unbranched alkanes of at least 4 members (excludes halogenated alkanes) is 1. The highest BCUT2D eigenvalue weighted by atomic mass is 16.6. The number of hydrogen-bond donors (Lipinski definition) is 4. The van der Waals surface area contributed by atoms with Crippen LogP contribution < -0.4 is 21.3 Å². The molecule has 0 saturated heterocycles. The number of fused-ring (bicyclic) bond motifs is 4. The first-order valence-electron chi connectivity index (χ1n) is 20.2. The van der Waals surface area contributed by atoms with E-state index in [0.717, 1.165) is 59.9 Å². The zero-order valence-electron chi connectivity index (χ0n) is 33.4. The maximum atomic E-state index is 14.2. The van der Waals surface area contributed by atoms with Crippen molar-refractivity contribution in [2.75, 3.05) is 13.2 Å². The average Bonchev–Trinajstić information content (AvgIpc) is 3.49. The van der Waals surface area contributed by atoms with Gasteiger partial charge in [0.15, 0.2) is 0 Å². The summed E-state index contributed by atoms with van der Waals surface area (Å²) in [5, 5.41) is 11.3. The van der Waals surface area contributed by atoms with Gasteiger partial charge in [-0.25, -0.2) is 14.6 Å². The van der Waals surface area contributed by atoms with Crippen LogP contribution in [-0.2, 0) is 23.9 Å². The molecule has 0 bridgehead atoms. The maximum absolute atomic E-state index is 14.2. The number of alkyl carbamates (subject to hydrolysis) is 2. The fourth-order valence-corrected chi connectivity index (χ4v) is 8.13. The molecule has 0 radical (unpaired) electrons. The van der Waals surface area contributed by atoms with Crippen molar-refractivity contribution in [2.45, 2.75) is 109 Å². The number of nitrogens with one attached hydrogen (secondary N) is 4. The second-order valence-electron chi connectivity index (χ2n) is 16.4. The smallest absolute Gasteiger partial charge is 0.407 e. The molecular weight excluding hydrogens is 723 g/mol. The topological polar surface area (TPSA) is 164 Å². The van der Waals surface area contributed by atoms with Gasteiger partial charge in [-0.15, -0.1) is 0 Å². The number of hydrogen-bond acceptors (Lipinski definition) is 7. The Labute approximate surface area is 335 Å². The van der Waals surface area contributed by atoms with Crippen molar-refractivity contribution in [1.82, 2.24) is 21.3 Å². The second kappa shape index (κ2) is 18.6. The number of rotatable bonds is 13. The summed E-state index contributed by atoms with van der Waals surface area (Å²) in [6.07, 6.45) is 12.4. The molecule has 4 N–H and O–H groups in total. The van der Waals surface area contributed by atoms with E-state index in [1.54, 1.807) is 39.0 Å². The summed E-state index contributed by atoms with van der Waals surface area (Å²) in [6, 6.07) is 14.2. The zero-order valence-corrected chi connectivity index (χ0v) is 33.4. The monoisotopic (exact) mass is 777 g/mol. The van der Waals surface area contributed by atoms with E-state index in [2.05, 4.69) is 50.5 Å². The van der Waals surface area contributed by atoms with Gasteiger partial charge >= 0.3 is 12.2 Å². The van der Waals surface area contributed by atoms with E-state index in [4.69, 9.17) is 9.47 Å². The second-order valence-corrected chi connectivity index (χ2v) is 16.4. The Morgan fingerprint density at radius 2 is 1.56 bits per heavy atom. The first-order chi connectivity index (χ1) is 27.3. The van der Waals surface area contributed by atoms with Gasteiger partial charge in [-0.2, -0.15) is 0 Å². The number of carbonyl (C=O) groups is 5. The molecule has 3 aliphatic carbocycles. The molecule has 2 aromatic rings. The van der Waals surface area contributed by atoms with Crippen molar-refractivity contribution in [3.8, 4) is 11.1 Å². The summed E-state index contributed by atoms with van der Waals surface area (Å²) in [5.41, 5.74) is 5.63. The number of aliphatic imine (C=N–C) groups is 1. The van der Waals surface area contributed by atoms with Crippen LogP contribution in [0.2, 0.25) is 0 Å². The van der Waals surface area contributed by atoms with Crippen LogP contribution in [0, 0.1) is 11.8 Å². The van der Waals surface area contributed by atoms with Gasteiger partial charge < -0.3 is 30.7 Å². The molecular formula is C45H55N5O7. The predicted octanol–water partition coefficient (Wildman–Crippen LogP) is 7.16. The van der Waals surface area contributed by atoms with Crippen molar-refractivity contribution in [3.63, 3.8) is 0 Å². The molecule has 12 heteroatoms. The van der Waals surface area contributed by atoms with Gasteiger partial charge in [0.1, 0.15) is 24.3 Å². The van der Waals surface area contributed by atoms with Gasteiger partial charge in [0.05, 0.1) is 5.71 Å². The molecule has 302 valence electrons. The molecule has 3 atom stereocenters. The van der Waals surface area contributed by atoms with Crippen molar-refractivity contribution in [2.24, 2.45) is 16.8 Å². The van der Waals surface area contributed by atoms with E-state index in [0.29, 0.717) is 37.2 Å². The molecule has 57 heavy (non-hydrogen) atoms. The minimum absolute atomic E-state index is 0.104. The summed E-state index contributed by atoms with van der Waals surface area (Å²) < 4.78 is 11.2.